The third-order valence-corrected chi connectivity index (χ3v) is 14.6. The van der Waals surface area contributed by atoms with Crippen molar-refractivity contribution in [2.75, 3.05) is 13.7 Å². The predicted molar refractivity (Wildman–Crippen MR) is 242 cm³/mol. The molecular formula is C51H79NO11. The van der Waals surface area contributed by atoms with Crippen molar-refractivity contribution in [2.24, 2.45) is 47.3 Å². The number of carbonyl (C=O) groups excluding carboxylic acids is 5. The predicted octanol–water partition coefficient (Wildman–Crippen LogP) is 7.42. The summed E-state index contributed by atoms with van der Waals surface area (Å²) in [5.41, 5.74) is 1.40. The van der Waals surface area contributed by atoms with Gasteiger partial charge in [0.15, 0.2) is 0 Å². The Morgan fingerprint density at radius 2 is 1.59 bits per heavy atom. The average molecular weight is 882 g/mol. The van der Waals surface area contributed by atoms with Crippen LogP contribution in [0.25, 0.3) is 0 Å². The van der Waals surface area contributed by atoms with Gasteiger partial charge in [0.1, 0.15) is 23.7 Å². The molecule has 1 aliphatic carbocycles. The van der Waals surface area contributed by atoms with Crippen LogP contribution in [-0.4, -0.2) is 105 Å². The molecule has 3 N–H and O–H groups in total. The first-order chi connectivity index (χ1) is 29.7. The van der Waals surface area contributed by atoms with Crippen molar-refractivity contribution in [3.05, 3.63) is 47.6 Å². The van der Waals surface area contributed by atoms with E-state index in [4.69, 9.17) is 14.2 Å². The van der Waals surface area contributed by atoms with Crippen molar-refractivity contribution in [3.8, 4) is 0 Å². The minimum Gasteiger partial charge on any atom is -0.460 e. The van der Waals surface area contributed by atoms with Crippen LogP contribution in [0.5, 0.6) is 0 Å². The van der Waals surface area contributed by atoms with E-state index >= 15 is 0 Å². The number of cyclic esters (lactones) is 1. The molecule has 354 valence electrons. The number of piperidine rings is 1. The van der Waals surface area contributed by atoms with Crippen LogP contribution in [0, 0.1) is 47.3 Å². The molecule has 1 saturated carbocycles. The Bertz CT molecular complexity index is 1720. The van der Waals surface area contributed by atoms with Gasteiger partial charge in [-0.05, 0) is 113 Å². The summed E-state index contributed by atoms with van der Waals surface area (Å²) >= 11 is 0. The van der Waals surface area contributed by atoms with E-state index in [0.29, 0.717) is 56.9 Å². The third-order valence-electron chi connectivity index (χ3n) is 14.6. The fourth-order valence-corrected chi connectivity index (χ4v) is 10.2. The molecule has 0 aromatic heterocycles. The average Bonchev–Trinajstić information content (AvgIpc) is 3.25. The molecule has 4 rings (SSSR count). The van der Waals surface area contributed by atoms with E-state index in [1.165, 1.54) is 4.90 Å². The number of nitrogens with zero attached hydrogens (tertiary/aromatic N) is 1. The quantitative estimate of drug-likeness (QED) is 0.146. The van der Waals surface area contributed by atoms with Gasteiger partial charge in [-0.25, -0.2) is 4.79 Å². The monoisotopic (exact) mass is 882 g/mol. The zero-order valence-corrected chi connectivity index (χ0v) is 39.8. The molecule has 2 saturated heterocycles. The second-order valence-corrected chi connectivity index (χ2v) is 19.9. The number of aliphatic hydroxyl groups excluding tert-OH is 2. The molecule has 3 fully saturated rings. The summed E-state index contributed by atoms with van der Waals surface area (Å²) in [5, 5.41) is 33.7. The van der Waals surface area contributed by atoms with Crippen LogP contribution in [0.4, 0.5) is 0 Å². The van der Waals surface area contributed by atoms with Gasteiger partial charge in [-0.3, -0.25) is 19.2 Å². The summed E-state index contributed by atoms with van der Waals surface area (Å²) < 4.78 is 18.3. The fourth-order valence-electron chi connectivity index (χ4n) is 10.2. The van der Waals surface area contributed by atoms with E-state index in [9.17, 15) is 39.3 Å². The molecule has 0 aromatic carbocycles. The van der Waals surface area contributed by atoms with Crippen molar-refractivity contribution >= 4 is 29.2 Å². The third kappa shape index (κ3) is 13.9. The molecular weight excluding hydrogens is 803 g/mol. The van der Waals surface area contributed by atoms with E-state index < -0.39 is 71.7 Å². The summed E-state index contributed by atoms with van der Waals surface area (Å²) in [6.07, 6.45) is 14.2. The van der Waals surface area contributed by atoms with Gasteiger partial charge in [0.25, 0.3) is 11.7 Å². The number of Topliss-reactive ketones (excluding diaryl/α,β-unsaturated/α-hetero) is 3. The first-order valence-corrected chi connectivity index (χ1v) is 23.8. The Labute approximate surface area is 376 Å². The number of hydrogen-bond donors (Lipinski definition) is 3. The Hall–Kier alpha value is -3.29. The van der Waals surface area contributed by atoms with E-state index in [1.807, 2.05) is 65.0 Å². The maximum absolute atomic E-state index is 14.3. The molecule has 3 heterocycles. The lowest BCUT2D eigenvalue weighted by molar-refractivity contribution is -0.265. The van der Waals surface area contributed by atoms with Gasteiger partial charge < -0.3 is 34.4 Å². The number of methoxy groups -OCH3 is 1. The molecule has 4 aliphatic rings. The first kappa shape index (κ1) is 52.3. The SMILES string of the molecule is CO[C@H]1C[C@@H]2CC[C@@H](C)[C@@](O)(O2)C(=O)C(=O)N2CCCC[C@H]2C(=O)OC([C@H](C)C[C@@H]2CC[C@@H](O)[C@H](C)C2)CC(=O)[C@H](C)/C=C(\C)[C@@H](O)[C@@H](C)C(=O)[C@H](C)C[C@H](C)/C=C/C=C/C=C/1C. The summed E-state index contributed by atoms with van der Waals surface area (Å²) in [4.78, 5) is 71.5. The topological polar surface area (TPSA) is 177 Å². The molecule has 12 heteroatoms. The standard InChI is InChI=1S/C51H79NO11/c1-30-16-12-11-13-17-31(2)44(61-10)28-40-21-19-37(8)51(60,63-40)48(57)49(58)52-23-15-14-18-41(52)50(59)62-45(34(5)27-39-20-22-42(53)33(4)26-39)29-43(54)32(3)25-36(7)47(56)38(9)46(55)35(6)24-30/h11-13,16-17,25,30,32-35,37-42,44-45,47,53,56,60H,14-15,18-24,26-29H2,1-10H3/b13-11+,16-12+,31-17+,36-25+/t30-,32-,33-,34-,35-,37-,38+,39-,40+,41+,42-,44+,45?,47-,51-/m1/s1. The first-order valence-electron chi connectivity index (χ1n) is 23.8. The molecule has 2 bridgehead atoms. The Morgan fingerprint density at radius 1 is 0.873 bits per heavy atom. The summed E-state index contributed by atoms with van der Waals surface area (Å²) in [7, 11) is 1.59. The van der Waals surface area contributed by atoms with Gasteiger partial charge in [0.05, 0.1) is 24.4 Å². The van der Waals surface area contributed by atoms with Crippen LogP contribution in [0.3, 0.4) is 0 Å². The Kier molecular flexibility index (Phi) is 19.7. The highest BCUT2D eigenvalue weighted by Gasteiger charge is 2.53. The van der Waals surface area contributed by atoms with Crippen LogP contribution < -0.4 is 0 Å². The second kappa shape index (κ2) is 23.8. The number of esters is 1. The largest absolute Gasteiger partial charge is 0.460 e. The van der Waals surface area contributed by atoms with Crippen molar-refractivity contribution in [2.45, 2.75) is 182 Å². The number of rotatable bonds is 4. The highest BCUT2D eigenvalue weighted by Crippen LogP contribution is 2.38. The minimum atomic E-state index is -2.41. The lowest BCUT2D eigenvalue weighted by Gasteiger charge is -2.42. The number of fused-ring (bicyclic) bond motifs is 3. The van der Waals surface area contributed by atoms with Crippen LogP contribution in [0.15, 0.2) is 47.6 Å². The molecule has 0 radical (unpaired) electrons. The highest BCUT2D eigenvalue weighted by molar-refractivity contribution is 6.39. The van der Waals surface area contributed by atoms with Gasteiger partial charge in [-0.15, -0.1) is 0 Å². The maximum atomic E-state index is 14.3. The van der Waals surface area contributed by atoms with Crippen molar-refractivity contribution in [1.82, 2.24) is 4.90 Å². The van der Waals surface area contributed by atoms with Crippen LogP contribution in [0.2, 0.25) is 0 Å². The summed E-state index contributed by atoms with van der Waals surface area (Å²) in [6, 6.07) is -1.10. The van der Waals surface area contributed by atoms with Gasteiger partial charge >= 0.3 is 5.97 Å². The lowest BCUT2D eigenvalue weighted by Crippen LogP contribution is -2.61. The van der Waals surface area contributed by atoms with Crippen LogP contribution in [0.1, 0.15) is 139 Å². The van der Waals surface area contributed by atoms with Crippen LogP contribution in [-0.2, 0) is 38.2 Å². The van der Waals surface area contributed by atoms with Crippen molar-refractivity contribution < 1.29 is 53.5 Å². The molecule has 0 spiro atoms. The molecule has 0 aromatic rings. The number of carbonyl (C=O) groups is 5. The Balaban J connectivity index is 1.68. The van der Waals surface area contributed by atoms with E-state index in [0.717, 1.165) is 18.4 Å². The van der Waals surface area contributed by atoms with E-state index in [-0.39, 0.29) is 66.6 Å². The second-order valence-electron chi connectivity index (χ2n) is 19.9. The van der Waals surface area contributed by atoms with Crippen molar-refractivity contribution in [1.29, 1.82) is 0 Å². The van der Waals surface area contributed by atoms with Gasteiger partial charge in [-0.2, -0.15) is 0 Å². The fraction of sp³-hybridized carbons (Fsp3) is 0.745. The number of hydrogen-bond acceptors (Lipinski definition) is 11. The number of allylic oxidation sites excluding steroid dienone is 6. The molecule has 3 aliphatic heterocycles. The molecule has 1 amide bonds. The van der Waals surface area contributed by atoms with Crippen LogP contribution >= 0.6 is 0 Å². The van der Waals surface area contributed by atoms with E-state index in [1.54, 1.807) is 40.9 Å². The number of ketones is 3. The van der Waals surface area contributed by atoms with E-state index in [2.05, 4.69) is 0 Å². The zero-order valence-electron chi connectivity index (χ0n) is 39.8. The number of amides is 1. The molecule has 1 unspecified atom stereocenters. The van der Waals surface area contributed by atoms with Gasteiger partial charge in [0.2, 0.25) is 5.79 Å². The van der Waals surface area contributed by atoms with Gasteiger partial charge in [-0.1, -0.05) is 84.9 Å². The normalized spacial score (nSPS) is 41.3. The smallest absolute Gasteiger partial charge is 0.329 e. The molecule has 12 nitrogen and oxygen atoms in total. The molecule has 15 atom stereocenters. The zero-order chi connectivity index (χ0) is 46.8. The number of aliphatic hydroxyl groups is 3. The lowest BCUT2D eigenvalue weighted by atomic mass is 9.75. The Morgan fingerprint density at radius 3 is 2.27 bits per heavy atom. The van der Waals surface area contributed by atoms with Crippen molar-refractivity contribution in [3.63, 3.8) is 0 Å². The molecule has 63 heavy (non-hydrogen) atoms. The summed E-state index contributed by atoms with van der Waals surface area (Å²) in [5.74, 6) is -7.70. The summed E-state index contributed by atoms with van der Waals surface area (Å²) in [6.45, 7) is 16.8. The maximum Gasteiger partial charge on any atom is 0.329 e. The van der Waals surface area contributed by atoms with Gasteiger partial charge in [0, 0.05) is 50.2 Å². The minimum absolute atomic E-state index is 0.0599. The number of ether oxygens (including phenoxy) is 3. The highest BCUT2D eigenvalue weighted by atomic mass is 16.6.